The van der Waals surface area contributed by atoms with Crippen molar-refractivity contribution >= 4 is 23.7 Å². The van der Waals surface area contributed by atoms with Crippen LogP contribution in [0.25, 0.3) is 6.08 Å². The van der Waals surface area contributed by atoms with E-state index in [0.717, 1.165) is 56.1 Å². The number of amides is 3. The van der Waals surface area contributed by atoms with Gasteiger partial charge in [-0.1, -0.05) is 24.3 Å². The number of ether oxygens (including phenoxy) is 2. The van der Waals surface area contributed by atoms with E-state index < -0.39 is 0 Å². The van der Waals surface area contributed by atoms with Gasteiger partial charge in [0.05, 0.1) is 19.4 Å². The summed E-state index contributed by atoms with van der Waals surface area (Å²) in [7, 11) is 1.59. The molecule has 0 atom stereocenters. The molecule has 180 valence electrons. The van der Waals surface area contributed by atoms with E-state index in [0.29, 0.717) is 24.6 Å². The molecule has 1 N–H and O–H groups in total. The van der Waals surface area contributed by atoms with Gasteiger partial charge in [0.2, 0.25) is 0 Å². The van der Waals surface area contributed by atoms with E-state index in [1.54, 1.807) is 13.2 Å². The summed E-state index contributed by atoms with van der Waals surface area (Å²) in [5.41, 5.74) is 2.23. The Morgan fingerprint density at radius 2 is 1.79 bits per heavy atom. The number of benzene rings is 2. The Bertz CT molecular complexity index is 1050. The monoisotopic (exact) mass is 464 g/mol. The fourth-order valence-electron chi connectivity index (χ4n) is 4.33. The highest BCUT2D eigenvalue weighted by atomic mass is 16.5. The summed E-state index contributed by atoms with van der Waals surface area (Å²) < 4.78 is 11.0. The molecule has 2 heterocycles. The van der Waals surface area contributed by atoms with Crippen molar-refractivity contribution < 1.29 is 19.1 Å². The quantitative estimate of drug-likeness (QED) is 0.454. The highest BCUT2D eigenvalue weighted by Crippen LogP contribution is 2.28. The van der Waals surface area contributed by atoms with E-state index in [9.17, 15) is 9.59 Å². The molecule has 8 heteroatoms. The van der Waals surface area contributed by atoms with Crippen molar-refractivity contribution in [1.82, 2.24) is 15.1 Å². The Morgan fingerprint density at radius 1 is 1.00 bits per heavy atom. The molecule has 0 radical (unpaired) electrons. The maximum atomic E-state index is 12.8. The molecule has 2 aliphatic heterocycles. The van der Waals surface area contributed by atoms with Crippen molar-refractivity contribution in [1.29, 1.82) is 0 Å². The SMILES string of the molecule is CCOc1ccccc1N1CCN(CCCN2C(=O)N/C(=C/c3cccc(OC)c3)C2=O)CC1. The number of hydrogen-bond acceptors (Lipinski definition) is 6. The van der Waals surface area contributed by atoms with Crippen LogP contribution >= 0.6 is 0 Å². The minimum absolute atomic E-state index is 0.287. The molecule has 0 unspecified atom stereocenters. The maximum Gasteiger partial charge on any atom is 0.329 e. The first-order valence-corrected chi connectivity index (χ1v) is 11.8. The zero-order chi connectivity index (χ0) is 23.9. The second-order valence-electron chi connectivity index (χ2n) is 8.30. The number of carbonyl (C=O) groups is 2. The third-order valence-electron chi connectivity index (χ3n) is 6.10. The first-order valence-electron chi connectivity index (χ1n) is 11.8. The molecule has 4 rings (SSSR count). The molecule has 2 aromatic carbocycles. The van der Waals surface area contributed by atoms with Gasteiger partial charge in [0.25, 0.3) is 5.91 Å². The van der Waals surface area contributed by atoms with E-state index in [1.165, 1.54) is 4.90 Å². The van der Waals surface area contributed by atoms with Crippen molar-refractivity contribution in [3.63, 3.8) is 0 Å². The van der Waals surface area contributed by atoms with Crippen molar-refractivity contribution in [2.75, 3.05) is 57.9 Å². The van der Waals surface area contributed by atoms with Crippen molar-refractivity contribution in [3.05, 3.63) is 59.8 Å². The van der Waals surface area contributed by atoms with Gasteiger partial charge in [-0.3, -0.25) is 14.6 Å². The summed E-state index contributed by atoms with van der Waals surface area (Å²) in [6.45, 7) is 7.58. The van der Waals surface area contributed by atoms with Gasteiger partial charge in [-0.25, -0.2) is 4.79 Å². The topological polar surface area (TPSA) is 74.3 Å². The lowest BCUT2D eigenvalue weighted by atomic mass is 10.2. The lowest BCUT2D eigenvalue weighted by Gasteiger charge is -2.36. The molecule has 0 aromatic heterocycles. The number of methoxy groups -OCH3 is 1. The van der Waals surface area contributed by atoms with E-state index in [1.807, 2.05) is 49.4 Å². The number of piperazine rings is 1. The minimum Gasteiger partial charge on any atom is -0.497 e. The molecule has 34 heavy (non-hydrogen) atoms. The second kappa shape index (κ2) is 11.1. The molecule has 0 saturated carbocycles. The number of nitrogens with one attached hydrogen (secondary N) is 1. The number of carbonyl (C=O) groups excluding carboxylic acids is 2. The van der Waals surface area contributed by atoms with Crippen LogP contribution < -0.4 is 19.7 Å². The smallest absolute Gasteiger partial charge is 0.329 e. The molecule has 2 saturated heterocycles. The Labute approximate surface area is 200 Å². The summed E-state index contributed by atoms with van der Waals surface area (Å²) in [5.74, 6) is 1.34. The third kappa shape index (κ3) is 5.51. The van der Waals surface area contributed by atoms with Crippen LogP contribution in [0.5, 0.6) is 11.5 Å². The van der Waals surface area contributed by atoms with Crippen LogP contribution in [-0.2, 0) is 4.79 Å². The van der Waals surface area contributed by atoms with Gasteiger partial charge >= 0.3 is 6.03 Å². The van der Waals surface area contributed by atoms with Crippen LogP contribution in [0.4, 0.5) is 10.5 Å². The highest BCUT2D eigenvalue weighted by Gasteiger charge is 2.33. The predicted octanol–water partition coefficient (Wildman–Crippen LogP) is 3.20. The van der Waals surface area contributed by atoms with Gasteiger partial charge in [-0.05, 0) is 55.8 Å². The molecule has 2 fully saturated rings. The third-order valence-corrected chi connectivity index (χ3v) is 6.10. The average molecular weight is 465 g/mol. The van der Waals surface area contributed by atoms with Gasteiger partial charge < -0.3 is 19.7 Å². The molecule has 0 aliphatic carbocycles. The van der Waals surface area contributed by atoms with Crippen LogP contribution in [-0.4, -0.2) is 74.7 Å². The molecule has 8 nitrogen and oxygen atoms in total. The second-order valence-corrected chi connectivity index (χ2v) is 8.30. The van der Waals surface area contributed by atoms with Crippen molar-refractivity contribution in [2.45, 2.75) is 13.3 Å². The van der Waals surface area contributed by atoms with Crippen LogP contribution in [0.2, 0.25) is 0 Å². The lowest BCUT2D eigenvalue weighted by molar-refractivity contribution is -0.122. The van der Waals surface area contributed by atoms with Crippen LogP contribution in [0.15, 0.2) is 54.2 Å². The fraction of sp³-hybridized carbons (Fsp3) is 0.385. The molecule has 2 aliphatic rings. The van der Waals surface area contributed by atoms with E-state index in [4.69, 9.17) is 9.47 Å². The zero-order valence-electron chi connectivity index (χ0n) is 19.8. The van der Waals surface area contributed by atoms with Gasteiger partial charge in [-0.2, -0.15) is 0 Å². The van der Waals surface area contributed by atoms with Gasteiger partial charge in [0.1, 0.15) is 17.2 Å². The normalized spacial score (nSPS) is 17.9. The summed E-state index contributed by atoms with van der Waals surface area (Å²) in [6, 6.07) is 15.2. The molecule has 2 aromatic rings. The lowest BCUT2D eigenvalue weighted by Crippen LogP contribution is -2.47. The predicted molar refractivity (Wildman–Crippen MR) is 132 cm³/mol. The number of para-hydroxylation sites is 2. The number of nitrogens with zero attached hydrogens (tertiary/aromatic N) is 3. The Morgan fingerprint density at radius 3 is 2.56 bits per heavy atom. The molecule has 3 amide bonds. The fourth-order valence-corrected chi connectivity index (χ4v) is 4.33. The standard InChI is InChI=1S/C26H32N4O4/c1-3-34-24-11-5-4-10-23(24)29-16-14-28(15-17-29)12-7-13-30-25(31)22(27-26(30)32)19-20-8-6-9-21(18-20)33-2/h4-6,8-11,18-19H,3,7,12-17H2,1-2H3,(H,27,32)/b22-19+. The summed E-state index contributed by atoms with van der Waals surface area (Å²) in [5, 5.41) is 2.69. The molecule has 0 bridgehead atoms. The van der Waals surface area contributed by atoms with E-state index >= 15 is 0 Å². The van der Waals surface area contributed by atoms with Gasteiger partial charge in [0.15, 0.2) is 0 Å². The molecular weight excluding hydrogens is 432 g/mol. The van der Waals surface area contributed by atoms with Gasteiger partial charge in [-0.15, -0.1) is 0 Å². The number of urea groups is 1. The van der Waals surface area contributed by atoms with Crippen molar-refractivity contribution in [3.8, 4) is 11.5 Å². The van der Waals surface area contributed by atoms with Crippen molar-refractivity contribution in [2.24, 2.45) is 0 Å². The van der Waals surface area contributed by atoms with E-state index in [2.05, 4.69) is 21.2 Å². The summed E-state index contributed by atoms with van der Waals surface area (Å²) in [6.07, 6.45) is 2.42. The number of anilines is 1. The molecule has 0 spiro atoms. The number of rotatable bonds is 9. The highest BCUT2D eigenvalue weighted by molar-refractivity contribution is 6.13. The Kier molecular flexibility index (Phi) is 7.69. The zero-order valence-corrected chi connectivity index (χ0v) is 19.8. The summed E-state index contributed by atoms with van der Waals surface area (Å²) >= 11 is 0. The van der Waals surface area contributed by atoms with E-state index in [-0.39, 0.29) is 11.9 Å². The number of hydrogen-bond donors (Lipinski definition) is 1. The minimum atomic E-state index is -0.364. The molecular formula is C26H32N4O4. The number of imide groups is 1. The Hall–Kier alpha value is -3.52. The maximum absolute atomic E-state index is 12.8. The first kappa shape index (κ1) is 23.6. The van der Waals surface area contributed by atoms with Crippen LogP contribution in [0, 0.1) is 0 Å². The largest absolute Gasteiger partial charge is 0.497 e. The first-order chi connectivity index (χ1) is 16.6. The Balaban J connectivity index is 1.26. The summed E-state index contributed by atoms with van der Waals surface area (Å²) in [4.78, 5) is 31.2. The van der Waals surface area contributed by atoms with Gasteiger partial charge in [0, 0.05) is 32.7 Å². The average Bonchev–Trinajstić information content (AvgIpc) is 3.12. The van der Waals surface area contributed by atoms with Crippen LogP contribution in [0.1, 0.15) is 18.9 Å². The van der Waals surface area contributed by atoms with Crippen LogP contribution in [0.3, 0.4) is 0 Å².